The number of halogens is 3. The Morgan fingerprint density at radius 3 is 1.19 bits per heavy atom. The maximum atomic E-state index is 7.05. The fraction of sp³-hybridized carbons (Fsp3) is 0.0625. The molecule has 0 bridgehead atoms. The topological polar surface area (TPSA) is 26.0 Å². The van der Waals surface area contributed by atoms with Gasteiger partial charge in [-0.3, -0.25) is 0 Å². The minimum absolute atomic E-state index is 0.141. The van der Waals surface area contributed by atoms with E-state index in [2.05, 4.69) is 36.4 Å². The third-order valence-electron chi connectivity index (χ3n) is 6.46. The molecule has 0 spiro atoms. The Balaban J connectivity index is 1.76. The minimum atomic E-state index is -0.141. The second kappa shape index (κ2) is 10.8. The van der Waals surface area contributed by atoms with Crippen LogP contribution in [0.15, 0.2) is 121 Å². The molecule has 0 heterocycles. The molecule has 0 amide bonds. The molecule has 0 fully saturated rings. The summed E-state index contributed by atoms with van der Waals surface area (Å²) in [4.78, 5) is 0. The summed E-state index contributed by atoms with van der Waals surface area (Å²) in [6.07, 6.45) is 0. The lowest BCUT2D eigenvalue weighted by Crippen LogP contribution is -2.12. The molecular weight excluding hydrogens is 505 g/mol. The molecule has 36 heavy (non-hydrogen) atoms. The van der Waals surface area contributed by atoms with Crippen molar-refractivity contribution in [1.29, 1.82) is 0 Å². The molecule has 0 radical (unpaired) electrons. The highest BCUT2D eigenvalue weighted by Gasteiger charge is 2.26. The summed E-state index contributed by atoms with van der Waals surface area (Å²) in [7, 11) is 0. The first-order valence-electron chi connectivity index (χ1n) is 11.7. The number of nitrogen functional groups attached to an aromatic ring is 1. The summed E-state index contributed by atoms with van der Waals surface area (Å²) in [5, 5.41) is 1.98. The summed E-state index contributed by atoms with van der Waals surface area (Å²) in [5.41, 5.74) is 13.9. The number of hydrogen-bond donors (Lipinski definition) is 1. The highest BCUT2D eigenvalue weighted by Crippen LogP contribution is 2.44. The molecule has 0 aliphatic rings. The lowest BCUT2D eigenvalue weighted by atomic mass is 9.79. The molecule has 5 aromatic rings. The summed E-state index contributed by atoms with van der Waals surface area (Å²) in [5.74, 6) is -0.281. The Kier molecular flexibility index (Phi) is 7.34. The summed E-state index contributed by atoms with van der Waals surface area (Å²) < 4.78 is 0. The van der Waals surface area contributed by atoms with Gasteiger partial charge in [-0.1, -0.05) is 120 Å². The first kappa shape index (κ1) is 24.5. The normalized spacial score (nSPS) is 12.8. The van der Waals surface area contributed by atoms with Crippen LogP contribution in [0.1, 0.15) is 45.2 Å². The van der Waals surface area contributed by atoms with Gasteiger partial charge in [0, 0.05) is 32.6 Å². The van der Waals surface area contributed by atoms with Gasteiger partial charge in [-0.25, -0.2) is 0 Å². The van der Waals surface area contributed by atoms with E-state index >= 15 is 0 Å². The number of rotatable bonds is 6. The first-order chi connectivity index (χ1) is 17.5. The van der Waals surface area contributed by atoms with Crippen LogP contribution in [0, 0.1) is 0 Å². The molecule has 2 N–H and O–H groups in total. The smallest absolute Gasteiger partial charge is 0.0413 e. The molecule has 0 aliphatic carbocycles. The van der Waals surface area contributed by atoms with Gasteiger partial charge in [-0.15, -0.1) is 0 Å². The van der Waals surface area contributed by atoms with Crippen LogP contribution in [0.3, 0.4) is 0 Å². The van der Waals surface area contributed by atoms with Gasteiger partial charge in [0.05, 0.1) is 0 Å². The summed E-state index contributed by atoms with van der Waals surface area (Å²) in [6.45, 7) is 0. The second-order valence-corrected chi connectivity index (χ2v) is 10.1. The largest absolute Gasteiger partial charge is 0.398 e. The Morgan fingerprint density at radius 1 is 0.417 bits per heavy atom. The van der Waals surface area contributed by atoms with Gasteiger partial charge in [0.15, 0.2) is 0 Å². The Bertz CT molecular complexity index is 1370. The van der Waals surface area contributed by atoms with E-state index in [1.54, 1.807) is 0 Å². The third-order valence-corrected chi connectivity index (χ3v) is 7.15. The molecule has 5 rings (SSSR count). The molecule has 0 saturated heterocycles. The molecular formula is C32H24Cl3N. The van der Waals surface area contributed by atoms with Crippen molar-refractivity contribution in [3.05, 3.63) is 170 Å². The predicted molar refractivity (Wildman–Crippen MR) is 154 cm³/mol. The zero-order valence-corrected chi connectivity index (χ0v) is 21.7. The van der Waals surface area contributed by atoms with E-state index in [1.807, 2.05) is 84.9 Å². The van der Waals surface area contributed by atoms with Crippen LogP contribution in [-0.2, 0) is 0 Å². The highest BCUT2D eigenvalue weighted by molar-refractivity contribution is 6.31. The minimum Gasteiger partial charge on any atom is -0.398 e. The Hall–Kier alpha value is -3.23. The van der Waals surface area contributed by atoms with Crippen LogP contribution in [0.25, 0.3) is 0 Å². The van der Waals surface area contributed by atoms with Gasteiger partial charge in [-0.05, 0) is 69.8 Å². The first-order valence-corrected chi connectivity index (χ1v) is 12.8. The molecule has 0 aromatic heterocycles. The average Bonchev–Trinajstić information content (AvgIpc) is 2.88. The van der Waals surface area contributed by atoms with Gasteiger partial charge < -0.3 is 5.73 Å². The molecule has 4 heteroatoms. The van der Waals surface area contributed by atoms with Crippen molar-refractivity contribution in [3.63, 3.8) is 0 Å². The molecule has 0 saturated carbocycles. The Labute approximate surface area is 227 Å². The molecule has 0 aliphatic heterocycles. The monoisotopic (exact) mass is 527 g/mol. The van der Waals surface area contributed by atoms with Crippen molar-refractivity contribution in [2.75, 3.05) is 5.73 Å². The lowest BCUT2D eigenvalue weighted by Gasteiger charge is -2.26. The number of anilines is 1. The number of nitrogens with two attached hydrogens (primary N) is 1. The van der Waals surface area contributed by atoms with Crippen LogP contribution >= 0.6 is 34.8 Å². The van der Waals surface area contributed by atoms with Crippen molar-refractivity contribution in [2.45, 2.75) is 11.8 Å². The predicted octanol–water partition coefficient (Wildman–Crippen LogP) is 9.59. The van der Waals surface area contributed by atoms with E-state index in [-0.39, 0.29) is 11.8 Å². The van der Waals surface area contributed by atoms with Crippen molar-refractivity contribution < 1.29 is 0 Å². The van der Waals surface area contributed by atoms with Crippen molar-refractivity contribution >= 4 is 40.5 Å². The van der Waals surface area contributed by atoms with Crippen LogP contribution in [-0.4, -0.2) is 0 Å². The fourth-order valence-electron chi connectivity index (χ4n) is 4.91. The Morgan fingerprint density at radius 2 is 0.806 bits per heavy atom. The summed E-state index contributed by atoms with van der Waals surface area (Å²) in [6, 6.07) is 40.4. The van der Waals surface area contributed by atoms with Crippen molar-refractivity contribution in [3.8, 4) is 0 Å². The SMILES string of the molecule is Nc1c(C(c2ccccc2)c2cccc(Cl)c2)cc(Cl)cc1C(c1ccccc1)c1cccc(Cl)c1. The van der Waals surface area contributed by atoms with Gasteiger partial charge >= 0.3 is 0 Å². The van der Waals surface area contributed by atoms with Gasteiger partial charge in [0.1, 0.15) is 0 Å². The zero-order valence-electron chi connectivity index (χ0n) is 19.4. The second-order valence-electron chi connectivity index (χ2n) is 8.80. The van der Waals surface area contributed by atoms with Crippen LogP contribution in [0.2, 0.25) is 15.1 Å². The highest BCUT2D eigenvalue weighted by atomic mass is 35.5. The van der Waals surface area contributed by atoms with E-state index in [9.17, 15) is 0 Å². The maximum Gasteiger partial charge on any atom is 0.0413 e. The lowest BCUT2D eigenvalue weighted by molar-refractivity contribution is 0.946. The quantitative estimate of drug-likeness (QED) is 0.172. The van der Waals surface area contributed by atoms with Crippen LogP contribution in [0.4, 0.5) is 5.69 Å². The van der Waals surface area contributed by atoms with E-state index in [4.69, 9.17) is 40.5 Å². The zero-order chi connectivity index (χ0) is 25.1. The third kappa shape index (κ3) is 5.15. The van der Waals surface area contributed by atoms with E-state index in [1.165, 1.54) is 0 Å². The fourth-order valence-corrected chi connectivity index (χ4v) is 5.54. The average molecular weight is 529 g/mol. The molecule has 2 atom stereocenters. The number of benzene rings is 5. The van der Waals surface area contributed by atoms with Crippen LogP contribution < -0.4 is 5.73 Å². The molecule has 5 aromatic carbocycles. The van der Waals surface area contributed by atoms with Gasteiger partial charge in [-0.2, -0.15) is 0 Å². The van der Waals surface area contributed by atoms with Crippen molar-refractivity contribution in [1.82, 2.24) is 0 Å². The molecule has 1 nitrogen and oxygen atoms in total. The molecule has 2 unspecified atom stereocenters. The molecule has 178 valence electrons. The van der Waals surface area contributed by atoms with E-state index in [0.29, 0.717) is 20.8 Å². The maximum absolute atomic E-state index is 7.05. The van der Waals surface area contributed by atoms with Crippen LogP contribution in [0.5, 0.6) is 0 Å². The van der Waals surface area contributed by atoms with Gasteiger partial charge in [0.2, 0.25) is 0 Å². The van der Waals surface area contributed by atoms with Crippen molar-refractivity contribution in [2.24, 2.45) is 0 Å². The van der Waals surface area contributed by atoms with Gasteiger partial charge in [0.25, 0.3) is 0 Å². The van der Waals surface area contributed by atoms with E-state index < -0.39 is 0 Å². The van der Waals surface area contributed by atoms with E-state index in [0.717, 1.165) is 33.4 Å². The number of hydrogen-bond acceptors (Lipinski definition) is 1. The summed E-state index contributed by atoms with van der Waals surface area (Å²) >= 11 is 19.7. The standard InChI is InChI=1S/C32H24Cl3N/c33-25-15-7-13-23(17-25)30(21-9-3-1-4-10-21)28-19-27(35)20-29(32(28)36)31(22-11-5-2-6-12-22)24-14-8-16-26(34)18-24/h1-20,30-31H,36H2.